The third kappa shape index (κ3) is 4.85. The molecule has 11 heteroatoms. The third-order valence-electron chi connectivity index (χ3n) is 5.13. The number of ether oxygens (including phenoxy) is 1. The fourth-order valence-corrected chi connectivity index (χ4v) is 3.27. The lowest BCUT2D eigenvalue weighted by Gasteiger charge is -2.24. The summed E-state index contributed by atoms with van der Waals surface area (Å²) >= 11 is 0. The summed E-state index contributed by atoms with van der Waals surface area (Å²) in [5, 5.41) is 25.7. The van der Waals surface area contributed by atoms with Crippen LogP contribution in [0.1, 0.15) is 31.0 Å². The van der Waals surface area contributed by atoms with Gasteiger partial charge in [0.2, 0.25) is 5.88 Å². The van der Waals surface area contributed by atoms with Crippen LogP contribution in [0, 0.1) is 11.3 Å². The molecular weight excluding hydrogens is 430 g/mol. The molecule has 0 bridgehead atoms. The average Bonchev–Trinajstić information content (AvgIpc) is 3.08. The Balaban J connectivity index is 1.48. The molecule has 33 heavy (non-hydrogen) atoms. The minimum absolute atomic E-state index is 0.0770. The highest BCUT2D eigenvalue weighted by Crippen LogP contribution is 2.25. The van der Waals surface area contributed by atoms with Crippen LogP contribution in [0.15, 0.2) is 54.4 Å². The lowest BCUT2D eigenvalue weighted by atomic mass is 10.2. The molecule has 1 aliphatic heterocycles. The Morgan fingerprint density at radius 2 is 2.06 bits per heavy atom. The van der Waals surface area contributed by atoms with Gasteiger partial charge in [-0.2, -0.15) is 5.26 Å². The Morgan fingerprint density at radius 3 is 2.73 bits per heavy atom. The zero-order chi connectivity index (χ0) is 23.4. The summed E-state index contributed by atoms with van der Waals surface area (Å²) in [5.74, 6) is 0.884. The van der Waals surface area contributed by atoms with Crippen molar-refractivity contribution in [2.75, 3.05) is 4.90 Å². The van der Waals surface area contributed by atoms with E-state index in [-0.39, 0.29) is 24.1 Å². The quantitative estimate of drug-likeness (QED) is 0.559. The fourth-order valence-electron chi connectivity index (χ4n) is 3.27. The maximum absolute atomic E-state index is 12.8. The fraction of sp³-hybridized carbons (Fsp3) is 0.273. The molecule has 168 valence electrons. The summed E-state index contributed by atoms with van der Waals surface area (Å²) in [4.78, 5) is 5.97. The van der Waals surface area contributed by atoms with E-state index in [2.05, 4.69) is 31.6 Å². The Labute approximate surface area is 188 Å². The Morgan fingerprint density at radius 1 is 1.21 bits per heavy atom. The average molecular weight is 450 g/mol. The van der Waals surface area contributed by atoms with Crippen molar-refractivity contribution in [3.63, 3.8) is 0 Å². The van der Waals surface area contributed by atoms with Crippen LogP contribution in [0.5, 0.6) is 5.88 Å². The summed E-state index contributed by atoms with van der Waals surface area (Å²) < 4.78 is 32.9. The molecule has 3 aromatic heterocycles. The number of hydrogen-bond donors (Lipinski definition) is 0. The van der Waals surface area contributed by atoms with Crippen molar-refractivity contribution < 1.29 is 13.5 Å². The first-order chi connectivity index (χ1) is 16.0. The van der Waals surface area contributed by atoms with E-state index in [4.69, 9.17) is 4.74 Å². The van der Waals surface area contributed by atoms with E-state index in [0.29, 0.717) is 28.5 Å². The van der Waals surface area contributed by atoms with Crippen molar-refractivity contribution in [1.82, 2.24) is 30.2 Å². The van der Waals surface area contributed by atoms with Crippen molar-refractivity contribution in [1.29, 1.82) is 5.26 Å². The van der Waals surface area contributed by atoms with E-state index in [1.165, 1.54) is 16.8 Å². The number of halogens is 2. The summed E-state index contributed by atoms with van der Waals surface area (Å²) in [6, 6.07) is 8.50. The lowest BCUT2D eigenvalue weighted by Crippen LogP contribution is -2.28. The second-order valence-corrected chi connectivity index (χ2v) is 7.39. The molecule has 3 aromatic rings. The van der Waals surface area contributed by atoms with E-state index in [0.717, 1.165) is 12.6 Å². The van der Waals surface area contributed by atoms with Crippen LogP contribution >= 0.6 is 0 Å². The predicted octanol–water partition coefficient (Wildman–Crippen LogP) is 3.75. The van der Waals surface area contributed by atoms with E-state index in [1.54, 1.807) is 31.5 Å². The van der Waals surface area contributed by atoms with Crippen molar-refractivity contribution in [3.8, 4) is 23.3 Å². The zero-order valence-corrected chi connectivity index (χ0v) is 17.9. The van der Waals surface area contributed by atoms with Crippen LogP contribution in [0.3, 0.4) is 0 Å². The summed E-state index contributed by atoms with van der Waals surface area (Å²) in [6.07, 6.45) is 4.79. The topological polar surface area (TPSA) is 106 Å². The Hall–Kier alpha value is -4.20. The smallest absolute Gasteiger partial charge is 0.265 e. The van der Waals surface area contributed by atoms with Gasteiger partial charge in [-0.3, -0.25) is 4.98 Å². The van der Waals surface area contributed by atoms with Crippen molar-refractivity contribution in [3.05, 3.63) is 65.6 Å². The van der Waals surface area contributed by atoms with Gasteiger partial charge in [0.25, 0.3) is 6.43 Å². The van der Waals surface area contributed by atoms with Crippen LogP contribution in [0.4, 0.5) is 14.6 Å². The molecule has 0 fully saturated rings. The number of hydrogen-bond acceptors (Lipinski definition) is 8. The van der Waals surface area contributed by atoms with E-state index >= 15 is 0 Å². The first-order valence-electron chi connectivity index (χ1n) is 10.1. The van der Waals surface area contributed by atoms with Crippen LogP contribution < -0.4 is 9.64 Å². The number of aromatic nitrogens is 6. The second-order valence-electron chi connectivity index (χ2n) is 7.39. The molecular formula is C22H20F2N8O. The number of alkyl halides is 2. The van der Waals surface area contributed by atoms with Crippen LogP contribution in [-0.2, 0) is 13.7 Å². The molecule has 0 aromatic carbocycles. The number of nitrogens with zero attached hydrogens (tertiary/aromatic N) is 8. The van der Waals surface area contributed by atoms with Gasteiger partial charge >= 0.3 is 0 Å². The predicted molar refractivity (Wildman–Crippen MR) is 115 cm³/mol. The molecule has 0 N–H and O–H groups in total. The SMILES string of the molecule is CC1CC=CC(C#N)=CN1c1ccc(OCc2c(-c3ccc(C(F)F)cn3)nnn2C)nn1. The zero-order valence-electron chi connectivity index (χ0n) is 17.9. The summed E-state index contributed by atoms with van der Waals surface area (Å²) in [5.41, 5.74) is 1.82. The molecule has 1 unspecified atom stereocenters. The highest BCUT2D eigenvalue weighted by Gasteiger charge is 2.18. The van der Waals surface area contributed by atoms with Gasteiger partial charge in [-0.05, 0) is 37.6 Å². The molecule has 0 saturated heterocycles. The van der Waals surface area contributed by atoms with Gasteiger partial charge < -0.3 is 9.64 Å². The van der Waals surface area contributed by atoms with Crippen LogP contribution in [0.25, 0.3) is 11.4 Å². The first kappa shape index (κ1) is 22.0. The molecule has 0 amide bonds. The van der Waals surface area contributed by atoms with Crippen molar-refractivity contribution >= 4 is 5.82 Å². The third-order valence-corrected chi connectivity index (χ3v) is 5.13. The summed E-state index contributed by atoms with van der Waals surface area (Å²) in [6.45, 7) is 2.11. The van der Waals surface area contributed by atoms with Gasteiger partial charge in [-0.25, -0.2) is 13.5 Å². The van der Waals surface area contributed by atoms with Crippen LogP contribution in [-0.4, -0.2) is 36.2 Å². The van der Waals surface area contributed by atoms with E-state index < -0.39 is 6.43 Å². The molecule has 9 nitrogen and oxygen atoms in total. The molecule has 0 aliphatic carbocycles. The normalized spacial score (nSPS) is 15.8. The Bertz CT molecular complexity index is 1210. The molecule has 1 atom stereocenters. The number of rotatable bonds is 6. The molecule has 0 saturated carbocycles. The molecule has 0 radical (unpaired) electrons. The van der Waals surface area contributed by atoms with Crippen LogP contribution in [0.2, 0.25) is 0 Å². The highest BCUT2D eigenvalue weighted by molar-refractivity contribution is 5.56. The maximum atomic E-state index is 12.8. The molecule has 4 heterocycles. The van der Waals surface area contributed by atoms with E-state index in [9.17, 15) is 14.0 Å². The number of pyridine rings is 1. The van der Waals surface area contributed by atoms with E-state index in [1.807, 2.05) is 17.9 Å². The highest BCUT2D eigenvalue weighted by atomic mass is 19.3. The van der Waals surface area contributed by atoms with Gasteiger partial charge in [0, 0.05) is 37.1 Å². The number of anilines is 1. The minimum atomic E-state index is -2.59. The number of nitriles is 1. The van der Waals surface area contributed by atoms with Crippen molar-refractivity contribution in [2.45, 2.75) is 32.4 Å². The molecule has 1 aliphatic rings. The minimum Gasteiger partial charge on any atom is -0.470 e. The lowest BCUT2D eigenvalue weighted by molar-refractivity contribution is 0.151. The standard InChI is InChI=1S/C22H20F2N8O/c1-14-4-3-5-15(10-25)12-32(14)19-8-9-20(28-27-19)33-13-18-21(29-30-31(18)2)17-7-6-16(11-26-17)22(23)24/h3,5-9,11-12,14,22H,4,13H2,1-2H3. The van der Waals surface area contributed by atoms with Gasteiger partial charge in [-0.1, -0.05) is 11.3 Å². The largest absolute Gasteiger partial charge is 0.470 e. The Kier molecular flexibility index (Phi) is 6.35. The number of aryl methyl sites for hydroxylation is 1. The van der Waals surface area contributed by atoms with Gasteiger partial charge in [0.1, 0.15) is 24.1 Å². The number of allylic oxidation sites excluding steroid dienone is 2. The second kappa shape index (κ2) is 9.52. The van der Waals surface area contributed by atoms with Gasteiger partial charge in [-0.15, -0.1) is 15.3 Å². The monoisotopic (exact) mass is 450 g/mol. The first-order valence-corrected chi connectivity index (χ1v) is 10.1. The van der Waals surface area contributed by atoms with Gasteiger partial charge in [0.05, 0.1) is 11.3 Å². The summed E-state index contributed by atoms with van der Waals surface area (Å²) in [7, 11) is 1.70. The maximum Gasteiger partial charge on any atom is 0.265 e. The molecule has 0 spiro atoms. The molecule has 4 rings (SSSR count). The van der Waals surface area contributed by atoms with Gasteiger partial charge in [0.15, 0.2) is 5.82 Å². The van der Waals surface area contributed by atoms with Crippen molar-refractivity contribution in [2.24, 2.45) is 7.05 Å².